The van der Waals surface area contributed by atoms with Crippen LogP contribution in [0.4, 0.5) is 10.1 Å². The Morgan fingerprint density at radius 2 is 1.65 bits per heavy atom. The number of terminal acetylenes is 1. The van der Waals surface area contributed by atoms with Crippen LogP contribution >= 0.6 is 12.4 Å². The maximum Gasteiger partial charge on any atom is 0.123 e. The van der Waals surface area contributed by atoms with Crippen LogP contribution in [0.25, 0.3) is 0 Å². The second kappa shape index (κ2) is 8.24. The molecule has 0 atom stereocenters. The molecule has 0 bridgehead atoms. The molecule has 0 aromatic heterocycles. The highest BCUT2D eigenvalue weighted by atomic mass is 35.5. The first-order chi connectivity index (χ1) is 9.29. The number of anilines is 1. The SMILES string of the molecule is C#CCN(CCc1ccc(F)cc1)c1ccccc1.Cl. The van der Waals surface area contributed by atoms with E-state index in [4.69, 9.17) is 6.42 Å². The average Bonchev–Trinajstić information content (AvgIpc) is 2.46. The Bertz CT molecular complexity index is 545. The van der Waals surface area contributed by atoms with Crippen molar-refractivity contribution in [1.29, 1.82) is 0 Å². The lowest BCUT2D eigenvalue weighted by Crippen LogP contribution is -2.26. The standard InChI is InChI=1S/C17H16FN.ClH/c1-2-13-19(17-6-4-3-5-7-17)14-12-15-8-10-16(18)11-9-15;/h1,3-11H,12-14H2;1H. The van der Waals surface area contributed by atoms with E-state index in [2.05, 4.69) is 10.8 Å². The normalized spacial score (nSPS) is 9.40. The van der Waals surface area contributed by atoms with Gasteiger partial charge in [-0.15, -0.1) is 18.8 Å². The average molecular weight is 290 g/mol. The molecule has 0 radical (unpaired) electrons. The molecule has 20 heavy (non-hydrogen) atoms. The van der Waals surface area contributed by atoms with Crippen LogP contribution in [0.2, 0.25) is 0 Å². The molecule has 0 unspecified atom stereocenters. The molecule has 104 valence electrons. The van der Waals surface area contributed by atoms with Gasteiger partial charge in [0.1, 0.15) is 5.82 Å². The van der Waals surface area contributed by atoms with Gasteiger partial charge < -0.3 is 4.90 Å². The van der Waals surface area contributed by atoms with E-state index in [0.29, 0.717) is 6.54 Å². The van der Waals surface area contributed by atoms with Crippen molar-refractivity contribution in [2.45, 2.75) is 6.42 Å². The molecule has 0 amide bonds. The van der Waals surface area contributed by atoms with Gasteiger partial charge in [0.15, 0.2) is 0 Å². The Morgan fingerprint density at radius 1 is 1.00 bits per heavy atom. The van der Waals surface area contributed by atoms with Gasteiger partial charge in [0.05, 0.1) is 6.54 Å². The van der Waals surface area contributed by atoms with Crippen LogP contribution in [0.5, 0.6) is 0 Å². The summed E-state index contributed by atoms with van der Waals surface area (Å²) in [5, 5.41) is 0. The van der Waals surface area contributed by atoms with E-state index < -0.39 is 0 Å². The molecular formula is C17H17ClFN. The van der Waals surface area contributed by atoms with E-state index in [1.165, 1.54) is 12.1 Å². The predicted octanol–water partition coefficient (Wildman–Crippen LogP) is 3.93. The summed E-state index contributed by atoms with van der Waals surface area (Å²) in [5.74, 6) is 2.48. The van der Waals surface area contributed by atoms with Crippen molar-refractivity contribution >= 4 is 18.1 Å². The van der Waals surface area contributed by atoms with Crippen LogP contribution in [0, 0.1) is 18.2 Å². The van der Waals surface area contributed by atoms with Crippen LogP contribution in [0.3, 0.4) is 0 Å². The molecule has 0 aliphatic carbocycles. The third kappa shape index (κ3) is 4.60. The summed E-state index contributed by atoms with van der Waals surface area (Å²) < 4.78 is 12.8. The van der Waals surface area contributed by atoms with Gasteiger partial charge in [-0.1, -0.05) is 36.3 Å². The third-order valence-electron chi connectivity index (χ3n) is 2.99. The minimum atomic E-state index is -0.202. The number of benzene rings is 2. The second-order valence-corrected chi connectivity index (χ2v) is 4.34. The van der Waals surface area contributed by atoms with E-state index in [0.717, 1.165) is 24.2 Å². The van der Waals surface area contributed by atoms with Gasteiger partial charge >= 0.3 is 0 Å². The largest absolute Gasteiger partial charge is 0.360 e. The monoisotopic (exact) mass is 289 g/mol. The maximum atomic E-state index is 12.8. The third-order valence-corrected chi connectivity index (χ3v) is 2.99. The summed E-state index contributed by atoms with van der Waals surface area (Å²) in [6.07, 6.45) is 6.26. The van der Waals surface area contributed by atoms with E-state index in [-0.39, 0.29) is 18.2 Å². The van der Waals surface area contributed by atoms with Crippen molar-refractivity contribution in [3.63, 3.8) is 0 Å². The van der Waals surface area contributed by atoms with Crippen LogP contribution in [0.1, 0.15) is 5.56 Å². The van der Waals surface area contributed by atoms with E-state index in [1.807, 2.05) is 42.5 Å². The molecule has 0 fully saturated rings. The second-order valence-electron chi connectivity index (χ2n) is 4.34. The first-order valence-electron chi connectivity index (χ1n) is 6.27. The highest BCUT2D eigenvalue weighted by molar-refractivity contribution is 5.85. The van der Waals surface area contributed by atoms with Crippen LogP contribution in [0.15, 0.2) is 54.6 Å². The Kier molecular flexibility index (Phi) is 6.63. The van der Waals surface area contributed by atoms with E-state index >= 15 is 0 Å². The first kappa shape index (κ1) is 16.1. The molecule has 0 spiro atoms. The van der Waals surface area contributed by atoms with Crippen LogP contribution in [-0.2, 0) is 6.42 Å². The molecule has 0 saturated heterocycles. The van der Waals surface area contributed by atoms with Gasteiger partial charge in [-0.05, 0) is 36.2 Å². The van der Waals surface area contributed by atoms with Gasteiger partial charge in [-0.25, -0.2) is 4.39 Å². The summed E-state index contributed by atoms with van der Waals surface area (Å²) in [6.45, 7) is 1.39. The lowest BCUT2D eigenvalue weighted by Gasteiger charge is -2.22. The Morgan fingerprint density at radius 3 is 2.25 bits per heavy atom. The minimum absolute atomic E-state index is 0. The fourth-order valence-corrected chi connectivity index (χ4v) is 1.96. The topological polar surface area (TPSA) is 3.24 Å². The zero-order chi connectivity index (χ0) is 13.5. The fraction of sp³-hybridized carbons (Fsp3) is 0.176. The Hall–Kier alpha value is -1.98. The Balaban J connectivity index is 0.00000200. The number of rotatable bonds is 5. The maximum absolute atomic E-state index is 12.8. The fourth-order valence-electron chi connectivity index (χ4n) is 1.96. The highest BCUT2D eigenvalue weighted by Gasteiger charge is 2.04. The lowest BCUT2D eigenvalue weighted by molar-refractivity contribution is 0.627. The minimum Gasteiger partial charge on any atom is -0.360 e. The summed E-state index contributed by atoms with van der Waals surface area (Å²) in [4.78, 5) is 2.14. The number of para-hydroxylation sites is 1. The van der Waals surface area contributed by atoms with Crippen molar-refractivity contribution < 1.29 is 4.39 Å². The molecule has 2 aromatic carbocycles. The summed E-state index contributed by atoms with van der Waals surface area (Å²) >= 11 is 0. The van der Waals surface area contributed by atoms with Crippen molar-refractivity contribution in [3.8, 4) is 12.3 Å². The summed E-state index contributed by atoms with van der Waals surface area (Å²) in [7, 11) is 0. The molecule has 0 saturated carbocycles. The number of halogens is 2. The first-order valence-corrected chi connectivity index (χ1v) is 6.27. The predicted molar refractivity (Wildman–Crippen MR) is 84.8 cm³/mol. The molecule has 2 rings (SSSR count). The van der Waals surface area contributed by atoms with Crippen LogP contribution < -0.4 is 4.90 Å². The van der Waals surface area contributed by atoms with Gasteiger partial charge in [-0.3, -0.25) is 0 Å². The van der Waals surface area contributed by atoms with E-state index in [1.54, 1.807) is 0 Å². The van der Waals surface area contributed by atoms with E-state index in [9.17, 15) is 4.39 Å². The highest BCUT2D eigenvalue weighted by Crippen LogP contribution is 2.14. The molecule has 1 nitrogen and oxygen atoms in total. The van der Waals surface area contributed by atoms with Crippen LogP contribution in [-0.4, -0.2) is 13.1 Å². The molecule has 3 heteroatoms. The summed E-state index contributed by atoms with van der Waals surface area (Å²) in [5.41, 5.74) is 2.22. The molecule has 0 N–H and O–H groups in total. The molecule has 0 heterocycles. The number of nitrogens with zero attached hydrogens (tertiary/aromatic N) is 1. The zero-order valence-electron chi connectivity index (χ0n) is 11.1. The van der Waals surface area contributed by atoms with Gasteiger partial charge in [0.25, 0.3) is 0 Å². The summed E-state index contributed by atoms with van der Waals surface area (Å²) in [6, 6.07) is 16.7. The van der Waals surface area contributed by atoms with Gasteiger partial charge in [0.2, 0.25) is 0 Å². The molecule has 0 aliphatic heterocycles. The Labute approximate surface area is 125 Å². The van der Waals surface area contributed by atoms with Gasteiger partial charge in [-0.2, -0.15) is 0 Å². The van der Waals surface area contributed by atoms with Crippen molar-refractivity contribution in [3.05, 3.63) is 66.0 Å². The number of hydrogen-bond donors (Lipinski definition) is 0. The van der Waals surface area contributed by atoms with Crippen molar-refractivity contribution in [2.24, 2.45) is 0 Å². The van der Waals surface area contributed by atoms with Crippen molar-refractivity contribution in [2.75, 3.05) is 18.0 Å². The lowest BCUT2D eigenvalue weighted by atomic mass is 10.1. The molecule has 0 aliphatic rings. The smallest absolute Gasteiger partial charge is 0.123 e. The number of hydrogen-bond acceptors (Lipinski definition) is 1. The van der Waals surface area contributed by atoms with Crippen molar-refractivity contribution in [1.82, 2.24) is 0 Å². The molecule has 2 aromatic rings. The van der Waals surface area contributed by atoms with Gasteiger partial charge in [0, 0.05) is 12.2 Å². The quantitative estimate of drug-likeness (QED) is 0.754. The zero-order valence-corrected chi connectivity index (χ0v) is 11.9. The molecular weight excluding hydrogens is 273 g/mol.